The van der Waals surface area contributed by atoms with Crippen molar-refractivity contribution in [3.63, 3.8) is 0 Å². The predicted molar refractivity (Wildman–Crippen MR) is 97.6 cm³/mol. The molecule has 1 saturated heterocycles. The number of aromatic hydroxyl groups is 1. The van der Waals surface area contributed by atoms with Crippen LogP contribution in [0.2, 0.25) is 0 Å². The molecule has 1 fully saturated rings. The quantitative estimate of drug-likeness (QED) is 0.671. The van der Waals surface area contributed by atoms with Gasteiger partial charge in [0.05, 0.1) is 5.69 Å². The van der Waals surface area contributed by atoms with Crippen molar-refractivity contribution in [1.82, 2.24) is 20.0 Å². The Morgan fingerprint density at radius 2 is 2.04 bits per heavy atom. The summed E-state index contributed by atoms with van der Waals surface area (Å²) in [6, 6.07) is 8.37. The van der Waals surface area contributed by atoms with Crippen LogP contribution in [-0.4, -0.2) is 56.8 Å². The highest BCUT2D eigenvalue weighted by atomic mass is 16.3. The first-order valence-electron chi connectivity index (χ1n) is 8.65. The van der Waals surface area contributed by atoms with Crippen molar-refractivity contribution in [1.29, 1.82) is 0 Å². The summed E-state index contributed by atoms with van der Waals surface area (Å²) >= 11 is 0. The molecule has 4 N–H and O–H groups in total. The van der Waals surface area contributed by atoms with Crippen LogP contribution in [0.5, 0.6) is 5.75 Å². The summed E-state index contributed by atoms with van der Waals surface area (Å²) in [4.78, 5) is 38.7. The van der Waals surface area contributed by atoms with E-state index in [1.54, 1.807) is 37.3 Å². The van der Waals surface area contributed by atoms with Gasteiger partial charge in [-0.15, -0.1) is 0 Å². The van der Waals surface area contributed by atoms with Gasteiger partial charge < -0.3 is 21.1 Å². The van der Waals surface area contributed by atoms with E-state index in [4.69, 9.17) is 5.73 Å². The van der Waals surface area contributed by atoms with Gasteiger partial charge >= 0.3 is 0 Å². The number of carbonyl (C=O) groups excluding carboxylic acids is 2. The molecule has 0 radical (unpaired) electrons. The maximum atomic E-state index is 13.0. The monoisotopic (exact) mass is 371 g/mol. The van der Waals surface area contributed by atoms with Gasteiger partial charge in [0.2, 0.25) is 5.91 Å². The zero-order chi connectivity index (χ0) is 19.6. The van der Waals surface area contributed by atoms with E-state index in [9.17, 15) is 19.5 Å². The molecule has 1 aliphatic heterocycles. The molecule has 2 heterocycles. The molecular formula is C18H21N5O4. The summed E-state index contributed by atoms with van der Waals surface area (Å²) in [5.41, 5.74) is 5.51. The molecule has 1 aliphatic rings. The van der Waals surface area contributed by atoms with Crippen LogP contribution >= 0.6 is 0 Å². The van der Waals surface area contributed by atoms with E-state index in [1.807, 2.05) is 0 Å². The van der Waals surface area contributed by atoms with Crippen molar-refractivity contribution in [3.05, 3.63) is 52.4 Å². The predicted octanol–water partition coefficient (Wildman–Crippen LogP) is -0.384. The first kappa shape index (κ1) is 18.6. The number of likely N-dealkylation sites (tertiary alicyclic amines) is 1. The van der Waals surface area contributed by atoms with Gasteiger partial charge in [0, 0.05) is 25.2 Å². The third kappa shape index (κ3) is 3.68. The van der Waals surface area contributed by atoms with E-state index in [0.29, 0.717) is 18.7 Å². The molecule has 0 aliphatic carbocycles. The van der Waals surface area contributed by atoms with Crippen LogP contribution in [-0.2, 0) is 4.79 Å². The summed E-state index contributed by atoms with van der Waals surface area (Å²) in [6.45, 7) is 2.36. The van der Waals surface area contributed by atoms with Crippen LogP contribution < -0.4 is 16.6 Å². The number of amides is 2. The summed E-state index contributed by atoms with van der Waals surface area (Å²) in [6.07, 6.45) is 0.316. The van der Waals surface area contributed by atoms with Crippen molar-refractivity contribution in [2.45, 2.75) is 25.4 Å². The van der Waals surface area contributed by atoms with Crippen molar-refractivity contribution in [2.75, 3.05) is 13.1 Å². The van der Waals surface area contributed by atoms with Gasteiger partial charge in [-0.1, -0.05) is 18.2 Å². The molecule has 2 aromatic rings. The highest BCUT2D eigenvalue weighted by Crippen LogP contribution is 2.22. The Kier molecular flexibility index (Phi) is 5.22. The van der Waals surface area contributed by atoms with Crippen molar-refractivity contribution < 1.29 is 14.7 Å². The minimum absolute atomic E-state index is 0.159. The molecular weight excluding hydrogens is 350 g/mol. The number of rotatable bonds is 4. The van der Waals surface area contributed by atoms with E-state index in [2.05, 4.69) is 10.4 Å². The topological polar surface area (TPSA) is 131 Å². The third-order valence-electron chi connectivity index (χ3n) is 4.36. The summed E-state index contributed by atoms with van der Waals surface area (Å²) in [5, 5.41) is 16.9. The molecule has 27 heavy (non-hydrogen) atoms. The number of nitrogens with two attached hydrogens (primary N) is 1. The Morgan fingerprint density at radius 1 is 1.33 bits per heavy atom. The Morgan fingerprint density at radius 3 is 2.70 bits per heavy atom. The molecule has 2 amide bonds. The van der Waals surface area contributed by atoms with Crippen LogP contribution in [0.4, 0.5) is 0 Å². The Bertz CT molecular complexity index is 912. The van der Waals surface area contributed by atoms with E-state index in [-0.39, 0.29) is 24.2 Å². The van der Waals surface area contributed by atoms with Gasteiger partial charge in [-0.05, 0) is 25.5 Å². The standard InChI is InChI=1S/C18H21N5O4/c1-2-20-17(26)13-8-11(19)10-22(13)18(27)16-14(24)9-15(25)23(21-16)12-6-4-3-5-7-12/h3-7,9,11,13,24H,2,8,10,19H2,1H3,(H,20,26)/t11-,13-/m0/s1. The molecule has 9 heteroatoms. The lowest BCUT2D eigenvalue weighted by Crippen LogP contribution is -2.46. The first-order valence-corrected chi connectivity index (χ1v) is 8.65. The van der Waals surface area contributed by atoms with Crippen molar-refractivity contribution in [3.8, 4) is 11.4 Å². The molecule has 0 unspecified atom stereocenters. The number of nitrogens with one attached hydrogen (secondary N) is 1. The normalized spacial score (nSPS) is 19.1. The van der Waals surface area contributed by atoms with Gasteiger partial charge in [0.1, 0.15) is 6.04 Å². The van der Waals surface area contributed by atoms with Gasteiger partial charge in [0.25, 0.3) is 11.5 Å². The molecule has 9 nitrogen and oxygen atoms in total. The Balaban J connectivity index is 1.99. The lowest BCUT2D eigenvalue weighted by molar-refractivity contribution is -0.124. The minimum Gasteiger partial charge on any atom is -0.505 e. The molecule has 2 atom stereocenters. The molecule has 1 aromatic carbocycles. The maximum absolute atomic E-state index is 13.0. The largest absolute Gasteiger partial charge is 0.505 e. The highest BCUT2D eigenvalue weighted by molar-refractivity contribution is 5.98. The molecule has 0 spiro atoms. The summed E-state index contributed by atoms with van der Waals surface area (Å²) < 4.78 is 1.03. The number of likely N-dealkylation sites (N-methyl/N-ethyl adjacent to an activating group) is 1. The first-order chi connectivity index (χ1) is 12.9. The van der Waals surface area contributed by atoms with Gasteiger partial charge in [-0.2, -0.15) is 9.78 Å². The van der Waals surface area contributed by atoms with Gasteiger partial charge in [0.15, 0.2) is 11.4 Å². The van der Waals surface area contributed by atoms with Gasteiger partial charge in [-0.3, -0.25) is 14.4 Å². The zero-order valence-corrected chi connectivity index (χ0v) is 14.8. The second kappa shape index (κ2) is 7.58. The second-order valence-corrected chi connectivity index (χ2v) is 6.33. The Labute approximate surface area is 155 Å². The van der Waals surface area contributed by atoms with Crippen molar-refractivity contribution in [2.24, 2.45) is 5.73 Å². The minimum atomic E-state index is -0.745. The van der Waals surface area contributed by atoms with E-state index < -0.39 is 23.3 Å². The molecule has 1 aromatic heterocycles. The zero-order valence-electron chi connectivity index (χ0n) is 14.8. The lowest BCUT2D eigenvalue weighted by Gasteiger charge is -2.23. The molecule has 0 saturated carbocycles. The van der Waals surface area contributed by atoms with Gasteiger partial charge in [-0.25, -0.2) is 0 Å². The van der Waals surface area contributed by atoms with E-state index >= 15 is 0 Å². The average Bonchev–Trinajstić information content (AvgIpc) is 3.04. The molecule has 0 bridgehead atoms. The number of benzene rings is 1. The number of hydrogen-bond donors (Lipinski definition) is 3. The lowest BCUT2D eigenvalue weighted by atomic mass is 10.1. The van der Waals surface area contributed by atoms with Crippen LogP contribution in [0.25, 0.3) is 5.69 Å². The molecule has 3 rings (SSSR count). The highest BCUT2D eigenvalue weighted by Gasteiger charge is 2.39. The van der Waals surface area contributed by atoms with Crippen molar-refractivity contribution >= 4 is 11.8 Å². The Hall–Kier alpha value is -3.20. The molecule has 142 valence electrons. The van der Waals surface area contributed by atoms with Crippen LogP contribution in [0.3, 0.4) is 0 Å². The fourth-order valence-electron chi connectivity index (χ4n) is 3.12. The second-order valence-electron chi connectivity index (χ2n) is 6.33. The smallest absolute Gasteiger partial charge is 0.278 e. The van der Waals surface area contributed by atoms with E-state index in [0.717, 1.165) is 10.7 Å². The fourth-order valence-corrected chi connectivity index (χ4v) is 3.12. The van der Waals surface area contributed by atoms with E-state index in [1.165, 1.54) is 4.90 Å². The summed E-state index contributed by atoms with van der Waals surface area (Å²) in [5.74, 6) is -1.50. The summed E-state index contributed by atoms with van der Waals surface area (Å²) in [7, 11) is 0. The number of nitrogens with zero attached hydrogens (tertiary/aromatic N) is 3. The van der Waals surface area contributed by atoms with Crippen LogP contribution in [0.15, 0.2) is 41.2 Å². The number of para-hydroxylation sites is 1. The average molecular weight is 371 g/mol. The van der Waals surface area contributed by atoms with Crippen LogP contribution in [0, 0.1) is 0 Å². The number of carbonyl (C=O) groups is 2. The maximum Gasteiger partial charge on any atom is 0.278 e. The number of aromatic nitrogens is 2. The number of hydrogen-bond acceptors (Lipinski definition) is 6. The van der Waals surface area contributed by atoms with Crippen LogP contribution in [0.1, 0.15) is 23.8 Å². The SMILES string of the molecule is CCNC(=O)[C@@H]1C[C@H](N)CN1C(=O)c1nn(-c2ccccc2)c(=O)cc1O. The third-order valence-corrected chi connectivity index (χ3v) is 4.36. The fraction of sp³-hybridized carbons (Fsp3) is 0.333.